The van der Waals surface area contributed by atoms with Gasteiger partial charge in [0.25, 0.3) is 0 Å². The van der Waals surface area contributed by atoms with Gasteiger partial charge in [-0.25, -0.2) is 0 Å². The van der Waals surface area contributed by atoms with Crippen molar-refractivity contribution in [3.63, 3.8) is 0 Å². The maximum absolute atomic E-state index is 12.2. The van der Waals surface area contributed by atoms with Gasteiger partial charge < -0.3 is 5.73 Å². The fourth-order valence-electron chi connectivity index (χ4n) is 4.50. The van der Waals surface area contributed by atoms with E-state index < -0.39 is 5.24 Å². The quantitative estimate of drug-likeness (QED) is 0.117. The SMILES string of the molecule is ClCCl.Nc1ccc2c(c1)-c1ccccc1C2=O.O=C(CCl)Cc1ccc2c(c1)-c1ccccc1C2=O.O=C(Cl)CCl. The van der Waals surface area contributed by atoms with Crippen LogP contribution in [0.5, 0.6) is 0 Å². The number of nitrogens with two attached hydrogens (primary N) is 1. The molecule has 0 amide bonds. The van der Waals surface area contributed by atoms with Gasteiger partial charge in [-0.1, -0.05) is 60.7 Å². The predicted molar refractivity (Wildman–Crippen MR) is 173 cm³/mol. The average molecular weight is 664 g/mol. The lowest BCUT2D eigenvalue weighted by atomic mass is 10.0. The minimum absolute atomic E-state index is 0.0146. The third-order valence-electron chi connectivity index (χ3n) is 6.20. The molecule has 0 heterocycles. The molecule has 6 rings (SSSR count). The average Bonchev–Trinajstić information content (AvgIpc) is 3.44. The zero-order chi connectivity index (χ0) is 30.8. The van der Waals surface area contributed by atoms with Gasteiger partial charge in [-0.3, -0.25) is 19.2 Å². The highest BCUT2D eigenvalue weighted by atomic mass is 35.5. The maximum atomic E-state index is 12.2. The Kier molecular flexibility index (Phi) is 12.6. The van der Waals surface area contributed by atoms with Gasteiger partial charge in [0.2, 0.25) is 5.24 Å². The highest BCUT2D eigenvalue weighted by Gasteiger charge is 2.27. The highest BCUT2D eigenvalue weighted by Crippen LogP contribution is 2.38. The highest BCUT2D eigenvalue weighted by molar-refractivity contribution is 6.67. The van der Waals surface area contributed by atoms with E-state index in [0.717, 1.165) is 44.5 Å². The molecule has 0 bridgehead atoms. The van der Waals surface area contributed by atoms with Crippen molar-refractivity contribution in [2.24, 2.45) is 0 Å². The second-order valence-corrected chi connectivity index (χ2v) is 10.6. The Morgan fingerprint density at radius 2 is 0.976 bits per heavy atom. The van der Waals surface area contributed by atoms with Gasteiger partial charge in [0.15, 0.2) is 17.3 Å². The lowest BCUT2D eigenvalue weighted by Crippen LogP contribution is -2.04. The molecule has 4 aromatic carbocycles. The predicted octanol–water partition coefficient (Wildman–Crippen LogP) is 8.14. The second-order valence-electron chi connectivity index (χ2n) is 8.87. The molecule has 0 fully saturated rings. The van der Waals surface area contributed by atoms with Crippen molar-refractivity contribution < 1.29 is 19.2 Å². The molecular formula is C32H24Cl5NO4. The van der Waals surface area contributed by atoms with E-state index >= 15 is 0 Å². The fourth-order valence-corrected chi connectivity index (χ4v) is 4.60. The zero-order valence-electron chi connectivity index (χ0n) is 22.0. The van der Waals surface area contributed by atoms with E-state index in [2.05, 4.69) is 0 Å². The normalized spacial score (nSPS) is 11.3. The largest absolute Gasteiger partial charge is 0.399 e. The first kappa shape index (κ1) is 33.3. The lowest BCUT2D eigenvalue weighted by Gasteiger charge is -2.03. The molecule has 0 saturated carbocycles. The number of fused-ring (bicyclic) bond motifs is 6. The van der Waals surface area contributed by atoms with E-state index in [1.165, 1.54) is 0 Å². The number of carbonyl (C=O) groups excluding carboxylic acids is 4. The third-order valence-corrected chi connectivity index (χ3v) is 7.01. The van der Waals surface area contributed by atoms with Crippen LogP contribution in [-0.2, 0) is 16.0 Å². The van der Waals surface area contributed by atoms with Crippen LogP contribution in [0, 0.1) is 0 Å². The molecule has 0 saturated heterocycles. The van der Waals surface area contributed by atoms with E-state index in [1.54, 1.807) is 18.2 Å². The van der Waals surface area contributed by atoms with Crippen LogP contribution in [0.2, 0.25) is 0 Å². The van der Waals surface area contributed by atoms with Crippen LogP contribution >= 0.6 is 58.0 Å². The molecule has 42 heavy (non-hydrogen) atoms. The fraction of sp³-hybridized carbons (Fsp3) is 0.125. The summed E-state index contributed by atoms with van der Waals surface area (Å²) >= 11 is 24.6. The van der Waals surface area contributed by atoms with Crippen LogP contribution < -0.4 is 5.73 Å². The molecule has 2 aliphatic carbocycles. The maximum Gasteiger partial charge on any atom is 0.236 e. The van der Waals surface area contributed by atoms with Crippen LogP contribution in [-0.4, -0.2) is 39.7 Å². The van der Waals surface area contributed by atoms with E-state index in [1.807, 2.05) is 66.7 Å². The summed E-state index contributed by atoms with van der Waals surface area (Å²) in [6, 6.07) is 26.1. The minimum Gasteiger partial charge on any atom is -0.399 e. The molecule has 0 radical (unpaired) electrons. The Hall–Kier alpha value is -3.19. The summed E-state index contributed by atoms with van der Waals surface area (Å²) in [5, 5.41) is -0.313. The molecule has 2 N–H and O–H groups in total. The Morgan fingerprint density at radius 3 is 1.43 bits per heavy atom. The van der Waals surface area contributed by atoms with E-state index in [0.29, 0.717) is 17.7 Å². The van der Waals surface area contributed by atoms with Crippen molar-refractivity contribution >= 4 is 86.3 Å². The topological polar surface area (TPSA) is 94.3 Å². The zero-order valence-corrected chi connectivity index (χ0v) is 25.8. The molecule has 0 aliphatic heterocycles. The molecule has 0 atom stereocenters. The number of alkyl halides is 4. The molecule has 0 aromatic heterocycles. The van der Waals surface area contributed by atoms with Crippen molar-refractivity contribution in [2.45, 2.75) is 6.42 Å². The van der Waals surface area contributed by atoms with Crippen molar-refractivity contribution in [3.05, 3.63) is 113 Å². The number of halogens is 5. The Morgan fingerprint density at radius 1 is 0.571 bits per heavy atom. The summed E-state index contributed by atoms with van der Waals surface area (Å²) < 4.78 is 0. The van der Waals surface area contributed by atoms with E-state index in [-0.39, 0.29) is 34.4 Å². The van der Waals surface area contributed by atoms with Crippen LogP contribution in [0.15, 0.2) is 84.9 Å². The Labute approximate surface area is 268 Å². The van der Waals surface area contributed by atoms with E-state index in [4.69, 9.17) is 63.7 Å². The second kappa shape index (κ2) is 15.9. The van der Waals surface area contributed by atoms with Crippen molar-refractivity contribution in [1.82, 2.24) is 0 Å². The van der Waals surface area contributed by atoms with Crippen molar-refractivity contribution in [2.75, 3.05) is 22.8 Å². The molecule has 2 aliphatic rings. The van der Waals surface area contributed by atoms with Gasteiger partial charge in [0, 0.05) is 34.4 Å². The number of hydrogen-bond acceptors (Lipinski definition) is 5. The first-order valence-electron chi connectivity index (χ1n) is 12.4. The van der Waals surface area contributed by atoms with Crippen LogP contribution in [0.1, 0.15) is 37.4 Å². The number of rotatable bonds is 4. The van der Waals surface area contributed by atoms with Crippen molar-refractivity contribution in [1.29, 1.82) is 0 Å². The van der Waals surface area contributed by atoms with Gasteiger partial charge >= 0.3 is 0 Å². The van der Waals surface area contributed by atoms with Gasteiger partial charge in [0.05, 0.1) is 17.1 Å². The summed E-state index contributed by atoms with van der Waals surface area (Å²) in [5.41, 5.74) is 14.1. The summed E-state index contributed by atoms with van der Waals surface area (Å²) in [6.07, 6.45) is 0.313. The first-order chi connectivity index (χ1) is 20.2. The van der Waals surface area contributed by atoms with Gasteiger partial charge in [-0.15, -0.1) is 46.4 Å². The molecular weight excluding hydrogens is 640 g/mol. The number of carbonyl (C=O) groups is 4. The molecule has 0 unspecified atom stereocenters. The van der Waals surface area contributed by atoms with Gasteiger partial charge in [0.1, 0.15) is 0 Å². The van der Waals surface area contributed by atoms with Crippen LogP contribution in [0.4, 0.5) is 5.69 Å². The molecule has 5 nitrogen and oxygen atoms in total. The number of anilines is 1. The number of ketones is 3. The molecule has 216 valence electrons. The Bertz CT molecular complexity index is 1640. The van der Waals surface area contributed by atoms with Crippen LogP contribution in [0.3, 0.4) is 0 Å². The summed E-state index contributed by atoms with van der Waals surface area (Å²) in [7, 11) is 0. The van der Waals surface area contributed by atoms with Crippen LogP contribution in [0.25, 0.3) is 22.3 Å². The van der Waals surface area contributed by atoms with Crippen molar-refractivity contribution in [3.8, 4) is 22.3 Å². The molecule has 4 aromatic rings. The Balaban J connectivity index is 0.000000187. The molecule has 10 heteroatoms. The smallest absolute Gasteiger partial charge is 0.236 e. The van der Waals surface area contributed by atoms with Gasteiger partial charge in [-0.2, -0.15) is 0 Å². The third kappa shape index (κ3) is 8.00. The number of Topliss-reactive ketones (excluding diaryl/α,β-unsaturated/α-hetero) is 1. The number of nitrogen functional groups attached to an aromatic ring is 1. The monoisotopic (exact) mass is 661 g/mol. The first-order valence-corrected chi connectivity index (χ1v) is 14.9. The number of hydrogen-bond donors (Lipinski definition) is 1. The van der Waals surface area contributed by atoms with Gasteiger partial charge in [-0.05, 0) is 63.7 Å². The summed E-state index contributed by atoms with van der Waals surface area (Å²) in [5.74, 6) is 0.0642. The standard InChI is InChI=1S/C16H11ClO2.C13H9NO.C2H2Cl2O.CH2Cl2/c17-9-11(18)7-10-5-6-14-15(8-10)12-3-1-2-4-13(12)16(14)19;14-8-5-6-11-12(7-8)9-3-1-2-4-10(9)13(11)15;3-1-2(4)5;2-1-3/h1-6,8H,7,9H2;1-7H,14H2;1H2;1H2. The van der Waals surface area contributed by atoms with E-state index in [9.17, 15) is 19.2 Å². The number of benzene rings is 4. The lowest BCUT2D eigenvalue weighted by molar-refractivity contribution is -0.116. The summed E-state index contributed by atoms with van der Waals surface area (Å²) in [4.78, 5) is 45.0. The summed E-state index contributed by atoms with van der Waals surface area (Å²) in [6.45, 7) is 0. The minimum atomic E-state index is -0.508. The molecule has 0 spiro atoms.